The Kier molecular flexibility index (Phi) is 4.29. The van der Waals surface area contributed by atoms with Crippen molar-refractivity contribution in [1.29, 1.82) is 0 Å². The summed E-state index contributed by atoms with van der Waals surface area (Å²) in [5.74, 6) is 1.37. The predicted octanol–water partition coefficient (Wildman–Crippen LogP) is 2.50. The number of hydrogen-bond donors (Lipinski definition) is 1. The fourth-order valence-corrected chi connectivity index (χ4v) is 3.85. The number of hydrogen-bond acceptors (Lipinski definition) is 3. The maximum atomic E-state index is 6.26. The minimum atomic E-state index is 0.0130. The Balaban J connectivity index is 1.98. The van der Waals surface area contributed by atoms with Crippen molar-refractivity contribution >= 4 is 0 Å². The van der Waals surface area contributed by atoms with Gasteiger partial charge in [0.05, 0.1) is 12.2 Å². The fraction of sp³-hybridized carbons (Fsp3) is 1.00. The Morgan fingerprint density at radius 1 is 1.21 bits per heavy atom. The van der Waals surface area contributed by atoms with Crippen LogP contribution in [0.5, 0.6) is 0 Å². The second-order valence-corrected chi connectivity index (χ2v) is 7.89. The molecule has 1 aliphatic heterocycles. The lowest BCUT2D eigenvalue weighted by atomic mass is 9.61. The zero-order chi connectivity index (χ0) is 14.3. The molecule has 2 aliphatic rings. The van der Waals surface area contributed by atoms with E-state index in [2.05, 4.69) is 39.5 Å². The molecule has 3 nitrogen and oxygen atoms in total. The summed E-state index contributed by atoms with van der Waals surface area (Å²) in [6.07, 6.45) is 2.46. The van der Waals surface area contributed by atoms with Crippen LogP contribution in [0.15, 0.2) is 0 Å². The Bertz CT molecular complexity index is 314. The molecule has 19 heavy (non-hydrogen) atoms. The van der Waals surface area contributed by atoms with Gasteiger partial charge < -0.3 is 10.5 Å². The van der Waals surface area contributed by atoms with Crippen molar-refractivity contribution in [1.82, 2.24) is 4.90 Å². The third-order valence-electron chi connectivity index (χ3n) is 5.70. The van der Waals surface area contributed by atoms with Crippen LogP contribution < -0.4 is 5.73 Å². The van der Waals surface area contributed by atoms with Crippen LogP contribution >= 0.6 is 0 Å². The van der Waals surface area contributed by atoms with Gasteiger partial charge in [0, 0.05) is 25.7 Å². The Morgan fingerprint density at radius 2 is 1.89 bits per heavy atom. The molecule has 1 aliphatic carbocycles. The molecule has 0 amide bonds. The molecule has 0 radical (unpaired) electrons. The average Bonchev–Trinajstić information content (AvgIpc) is 2.29. The van der Waals surface area contributed by atoms with Gasteiger partial charge in [-0.1, -0.05) is 20.8 Å². The number of ether oxygens (including phenoxy) is 1. The van der Waals surface area contributed by atoms with Gasteiger partial charge in [-0.2, -0.15) is 0 Å². The lowest BCUT2D eigenvalue weighted by Gasteiger charge is -2.49. The van der Waals surface area contributed by atoms with E-state index in [1.807, 2.05) is 0 Å². The molecule has 3 atom stereocenters. The van der Waals surface area contributed by atoms with Gasteiger partial charge in [-0.3, -0.25) is 4.90 Å². The van der Waals surface area contributed by atoms with Gasteiger partial charge in [0.1, 0.15) is 0 Å². The molecule has 0 aromatic heterocycles. The van der Waals surface area contributed by atoms with Crippen LogP contribution in [0.25, 0.3) is 0 Å². The Morgan fingerprint density at radius 3 is 2.53 bits per heavy atom. The molecule has 0 spiro atoms. The number of rotatable bonds is 2. The quantitative estimate of drug-likeness (QED) is 0.836. The summed E-state index contributed by atoms with van der Waals surface area (Å²) in [5, 5.41) is 0. The molecule has 0 aromatic carbocycles. The summed E-state index contributed by atoms with van der Waals surface area (Å²) in [7, 11) is 0. The molecule has 3 unspecified atom stereocenters. The predicted molar refractivity (Wildman–Crippen MR) is 80.1 cm³/mol. The van der Waals surface area contributed by atoms with Gasteiger partial charge in [0.2, 0.25) is 0 Å². The van der Waals surface area contributed by atoms with Gasteiger partial charge in [-0.25, -0.2) is 0 Å². The van der Waals surface area contributed by atoms with Gasteiger partial charge in [0.15, 0.2) is 0 Å². The molecule has 1 heterocycles. The van der Waals surface area contributed by atoms with Crippen LogP contribution in [0.4, 0.5) is 0 Å². The van der Waals surface area contributed by atoms with E-state index in [1.54, 1.807) is 0 Å². The summed E-state index contributed by atoms with van der Waals surface area (Å²) >= 11 is 0. The number of nitrogens with zero attached hydrogens (tertiary/aromatic N) is 1. The van der Waals surface area contributed by atoms with Crippen molar-refractivity contribution in [3.63, 3.8) is 0 Å². The van der Waals surface area contributed by atoms with Crippen LogP contribution in [-0.4, -0.2) is 42.8 Å². The summed E-state index contributed by atoms with van der Waals surface area (Å²) in [5.41, 5.74) is 6.62. The molecule has 2 N–H and O–H groups in total. The van der Waals surface area contributed by atoms with Crippen molar-refractivity contribution in [3.8, 4) is 0 Å². The average molecular weight is 268 g/mol. The number of nitrogens with two attached hydrogens (primary N) is 1. The molecule has 0 bridgehead atoms. The SMILES string of the molecule is CC1C(N)CCC(CN2CCOC(C)(C)C2)C1(C)C. The number of morpholine rings is 1. The van der Waals surface area contributed by atoms with E-state index in [0.717, 1.165) is 25.6 Å². The van der Waals surface area contributed by atoms with Gasteiger partial charge in [0.25, 0.3) is 0 Å². The topological polar surface area (TPSA) is 38.5 Å². The largest absolute Gasteiger partial charge is 0.373 e. The molecule has 112 valence electrons. The van der Waals surface area contributed by atoms with Gasteiger partial charge in [-0.15, -0.1) is 0 Å². The lowest BCUT2D eigenvalue weighted by Crippen LogP contribution is -2.54. The van der Waals surface area contributed by atoms with Crippen molar-refractivity contribution in [3.05, 3.63) is 0 Å². The molecule has 3 heteroatoms. The maximum Gasteiger partial charge on any atom is 0.0753 e. The maximum absolute atomic E-state index is 6.26. The van der Waals surface area contributed by atoms with Crippen molar-refractivity contribution < 1.29 is 4.74 Å². The zero-order valence-corrected chi connectivity index (χ0v) is 13.4. The summed E-state index contributed by atoms with van der Waals surface area (Å²) in [6.45, 7) is 15.8. The van der Waals surface area contributed by atoms with E-state index in [-0.39, 0.29) is 5.60 Å². The molecule has 1 saturated heterocycles. The molecule has 1 saturated carbocycles. The van der Waals surface area contributed by atoms with Crippen LogP contribution in [-0.2, 0) is 4.74 Å². The fourth-order valence-electron chi connectivity index (χ4n) is 3.85. The first-order chi connectivity index (χ1) is 8.72. The highest BCUT2D eigenvalue weighted by Crippen LogP contribution is 2.44. The summed E-state index contributed by atoms with van der Waals surface area (Å²) in [4.78, 5) is 2.60. The summed E-state index contributed by atoms with van der Waals surface area (Å²) in [6, 6.07) is 0.382. The second kappa shape index (κ2) is 5.34. The van der Waals surface area contributed by atoms with Gasteiger partial charge in [-0.05, 0) is 43.9 Å². The van der Waals surface area contributed by atoms with E-state index < -0.39 is 0 Å². The van der Waals surface area contributed by atoms with Crippen LogP contribution in [0.1, 0.15) is 47.5 Å². The minimum Gasteiger partial charge on any atom is -0.373 e. The van der Waals surface area contributed by atoms with E-state index in [9.17, 15) is 0 Å². The lowest BCUT2D eigenvalue weighted by molar-refractivity contribution is -0.0973. The minimum absolute atomic E-state index is 0.0130. The molecular weight excluding hydrogens is 236 g/mol. The van der Waals surface area contributed by atoms with E-state index in [4.69, 9.17) is 10.5 Å². The van der Waals surface area contributed by atoms with Crippen molar-refractivity contribution in [2.24, 2.45) is 23.0 Å². The smallest absolute Gasteiger partial charge is 0.0753 e. The molecule has 2 rings (SSSR count). The third-order valence-corrected chi connectivity index (χ3v) is 5.70. The highest BCUT2D eigenvalue weighted by molar-refractivity contribution is 4.95. The zero-order valence-electron chi connectivity index (χ0n) is 13.4. The standard InChI is InChI=1S/C16H32N2O/c1-12-14(17)7-6-13(16(12,4)5)10-18-8-9-19-15(2,3)11-18/h12-14H,6-11,17H2,1-5H3. The molecule has 2 fully saturated rings. The summed E-state index contributed by atoms with van der Waals surface area (Å²) < 4.78 is 5.81. The van der Waals surface area contributed by atoms with Crippen LogP contribution in [0, 0.1) is 17.3 Å². The van der Waals surface area contributed by atoms with Crippen molar-refractivity contribution in [2.75, 3.05) is 26.2 Å². The Hall–Kier alpha value is -0.120. The van der Waals surface area contributed by atoms with E-state index >= 15 is 0 Å². The molecule has 0 aromatic rings. The third kappa shape index (κ3) is 3.32. The van der Waals surface area contributed by atoms with E-state index in [0.29, 0.717) is 17.4 Å². The Labute approximate surface area is 118 Å². The highest BCUT2D eigenvalue weighted by Gasteiger charge is 2.42. The second-order valence-electron chi connectivity index (χ2n) is 7.89. The molecular formula is C16H32N2O. The highest BCUT2D eigenvalue weighted by atomic mass is 16.5. The van der Waals surface area contributed by atoms with Gasteiger partial charge >= 0.3 is 0 Å². The van der Waals surface area contributed by atoms with E-state index in [1.165, 1.54) is 19.4 Å². The monoisotopic (exact) mass is 268 g/mol. The van der Waals surface area contributed by atoms with Crippen LogP contribution in [0.2, 0.25) is 0 Å². The van der Waals surface area contributed by atoms with Crippen molar-refractivity contribution in [2.45, 2.75) is 59.1 Å². The normalized spacial score (nSPS) is 39.2. The first kappa shape index (κ1) is 15.3. The first-order valence-electron chi connectivity index (χ1n) is 7.84. The van der Waals surface area contributed by atoms with Crippen LogP contribution in [0.3, 0.4) is 0 Å². The first-order valence-corrected chi connectivity index (χ1v) is 7.84.